The van der Waals surface area contributed by atoms with Crippen LogP contribution in [-0.4, -0.2) is 29.9 Å². The Balaban J connectivity index is 1.26. The molecule has 4 rings (SSSR count). The third kappa shape index (κ3) is 4.96. The summed E-state index contributed by atoms with van der Waals surface area (Å²) in [6.45, 7) is 1.40. The molecule has 0 atom stereocenters. The van der Waals surface area contributed by atoms with Gasteiger partial charge in [-0.25, -0.2) is 4.98 Å². The molecule has 7 nitrogen and oxygen atoms in total. The molecule has 0 spiro atoms. The Morgan fingerprint density at radius 2 is 1.93 bits per heavy atom. The first-order chi connectivity index (χ1) is 14.7. The Morgan fingerprint density at radius 3 is 2.73 bits per heavy atom. The molecule has 30 heavy (non-hydrogen) atoms. The molecule has 0 aliphatic carbocycles. The first kappa shape index (κ1) is 19.9. The molecule has 0 fully saturated rings. The van der Waals surface area contributed by atoms with E-state index in [9.17, 15) is 9.59 Å². The molecule has 0 radical (unpaired) electrons. The first-order valence-electron chi connectivity index (χ1n) is 9.71. The van der Waals surface area contributed by atoms with Crippen LogP contribution in [0.5, 0.6) is 5.75 Å². The lowest BCUT2D eigenvalue weighted by molar-refractivity contribution is -0.120. The number of fused-ring (bicyclic) bond motifs is 1. The normalized spacial score (nSPS) is 12.7. The molecule has 0 saturated heterocycles. The fraction of sp³-hybridized carbons (Fsp3) is 0.227. The van der Waals surface area contributed by atoms with E-state index < -0.39 is 0 Å². The standard InChI is InChI=1S/C22H22N4O3S/c27-21(12-26-11-3-5-16-4-1-2-6-20(16)26)24-25-22(28)17-7-9-19(10-8-17)29-13-18-14-30-15-23-18/h1-2,4,6-10,14-15H,3,5,11-13H2,(H,24,27)(H,25,28). The molecule has 2 N–H and O–H groups in total. The van der Waals surface area contributed by atoms with E-state index in [-0.39, 0.29) is 18.4 Å². The Kier molecular flexibility index (Phi) is 6.24. The van der Waals surface area contributed by atoms with Gasteiger partial charge in [-0.15, -0.1) is 11.3 Å². The summed E-state index contributed by atoms with van der Waals surface area (Å²) < 4.78 is 5.63. The number of nitrogens with zero attached hydrogens (tertiary/aromatic N) is 2. The fourth-order valence-electron chi connectivity index (χ4n) is 3.36. The number of hydrogen-bond acceptors (Lipinski definition) is 6. The molecular formula is C22H22N4O3S. The lowest BCUT2D eigenvalue weighted by Gasteiger charge is -2.30. The maximum atomic E-state index is 12.3. The highest BCUT2D eigenvalue weighted by Crippen LogP contribution is 2.26. The van der Waals surface area contributed by atoms with Crippen molar-refractivity contribution >= 4 is 28.8 Å². The second kappa shape index (κ2) is 9.41. The largest absolute Gasteiger partial charge is 0.487 e. The molecule has 3 aromatic rings. The molecule has 1 aliphatic heterocycles. The fourth-order valence-corrected chi connectivity index (χ4v) is 3.90. The van der Waals surface area contributed by atoms with Gasteiger partial charge in [-0.05, 0) is 48.7 Å². The van der Waals surface area contributed by atoms with E-state index in [2.05, 4.69) is 21.9 Å². The van der Waals surface area contributed by atoms with Crippen molar-refractivity contribution in [3.8, 4) is 5.75 Å². The minimum absolute atomic E-state index is 0.195. The van der Waals surface area contributed by atoms with Gasteiger partial charge in [-0.3, -0.25) is 20.4 Å². The van der Waals surface area contributed by atoms with Crippen molar-refractivity contribution in [3.63, 3.8) is 0 Å². The molecule has 1 aliphatic rings. The number of anilines is 1. The van der Waals surface area contributed by atoms with Crippen molar-refractivity contribution in [2.75, 3.05) is 18.0 Å². The summed E-state index contributed by atoms with van der Waals surface area (Å²) >= 11 is 1.51. The summed E-state index contributed by atoms with van der Waals surface area (Å²) in [5.41, 5.74) is 10.3. The number of hydrazine groups is 1. The number of amides is 2. The van der Waals surface area contributed by atoms with Crippen LogP contribution in [0.25, 0.3) is 0 Å². The second-order valence-electron chi connectivity index (χ2n) is 6.95. The summed E-state index contributed by atoms with van der Waals surface area (Å²) in [6.07, 6.45) is 2.03. The van der Waals surface area contributed by atoms with Crippen molar-refractivity contribution in [1.82, 2.24) is 15.8 Å². The lowest BCUT2D eigenvalue weighted by Crippen LogP contribution is -2.47. The number of rotatable bonds is 6. The van der Waals surface area contributed by atoms with E-state index in [1.54, 1.807) is 29.8 Å². The molecule has 0 saturated carbocycles. The number of nitrogens with one attached hydrogen (secondary N) is 2. The van der Waals surface area contributed by atoms with E-state index in [1.807, 2.05) is 28.5 Å². The summed E-state index contributed by atoms with van der Waals surface area (Å²) in [4.78, 5) is 30.8. The topological polar surface area (TPSA) is 83.6 Å². The number of benzene rings is 2. The van der Waals surface area contributed by atoms with Crippen LogP contribution in [0.2, 0.25) is 0 Å². The van der Waals surface area contributed by atoms with Crippen molar-refractivity contribution in [2.24, 2.45) is 0 Å². The highest BCUT2D eigenvalue weighted by Gasteiger charge is 2.19. The van der Waals surface area contributed by atoms with Gasteiger partial charge < -0.3 is 9.64 Å². The Labute approximate surface area is 178 Å². The van der Waals surface area contributed by atoms with Gasteiger partial charge in [0.25, 0.3) is 11.8 Å². The van der Waals surface area contributed by atoms with Crippen LogP contribution >= 0.6 is 11.3 Å². The quantitative estimate of drug-likeness (QED) is 0.597. The second-order valence-corrected chi connectivity index (χ2v) is 7.67. The van der Waals surface area contributed by atoms with Crippen molar-refractivity contribution in [2.45, 2.75) is 19.4 Å². The molecule has 8 heteroatoms. The molecular weight excluding hydrogens is 400 g/mol. The molecule has 0 bridgehead atoms. The van der Waals surface area contributed by atoms with Crippen LogP contribution in [0.15, 0.2) is 59.4 Å². The van der Waals surface area contributed by atoms with Gasteiger partial charge >= 0.3 is 0 Å². The summed E-state index contributed by atoms with van der Waals surface area (Å²) in [5.74, 6) is 0.00376. The summed E-state index contributed by atoms with van der Waals surface area (Å²) in [5, 5.41) is 1.92. The predicted octanol–water partition coefficient (Wildman–Crippen LogP) is 2.94. The number of ether oxygens (including phenoxy) is 1. The van der Waals surface area contributed by atoms with Crippen LogP contribution in [0, 0.1) is 0 Å². The smallest absolute Gasteiger partial charge is 0.269 e. The van der Waals surface area contributed by atoms with Crippen LogP contribution < -0.4 is 20.5 Å². The predicted molar refractivity (Wildman–Crippen MR) is 115 cm³/mol. The lowest BCUT2D eigenvalue weighted by atomic mass is 10.0. The van der Waals surface area contributed by atoms with Gasteiger partial charge in [0, 0.05) is 23.2 Å². The zero-order chi connectivity index (χ0) is 20.8. The zero-order valence-electron chi connectivity index (χ0n) is 16.3. The van der Waals surface area contributed by atoms with E-state index in [0.717, 1.165) is 30.8 Å². The number of aromatic nitrogens is 1. The number of carbonyl (C=O) groups excluding carboxylic acids is 2. The van der Waals surface area contributed by atoms with Gasteiger partial charge in [0.05, 0.1) is 17.7 Å². The highest BCUT2D eigenvalue weighted by atomic mass is 32.1. The first-order valence-corrected chi connectivity index (χ1v) is 10.7. The Hall–Kier alpha value is -3.39. The van der Waals surface area contributed by atoms with Gasteiger partial charge in [0.15, 0.2) is 0 Å². The maximum absolute atomic E-state index is 12.3. The zero-order valence-corrected chi connectivity index (χ0v) is 17.2. The monoisotopic (exact) mass is 422 g/mol. The number of hydrogen-bond donors (Lipinski definition) is 2. The average molecular weight is 423 g/mol. The molecule has 2 aromatic carbocycles. The molecule has 0 unspecified atom stereocenters. The molecule has 154 valence electrons. The number of thiazole rings is 1. The SMILES string of the molecule is O=C(CN1CCCc2ccccc21)NNC(=O)c1ccc(OCc2cscn2)cc1. The molecule has 2 amide bonds. The van der Waals surface area contributed by atoms with E-state index >= 15 is 0 Å². The molecule has 2 heterocycles. The third-order valence-electron chi connectivity index (χ3n) is 4.84. The number of para-hydroxylation sites is 1. The van der Waals surface area contributed by atoms with Crippen LogP contribution in [0.4, 0.5) is 5.69 Å². The maximum Gasteiger partial charge on any atom is 0.269 e. The van der Waals surface area contributed by atoms with Gasteiger partial charge in [0.1, 0.15) is 12.4 Å². The Morgan fingerprint density at radius 1 is 1.10 bits per heavy atom. The molecule has 1 aromatic heterocycles. The van der Waals surface area contributed by atoms with E-state index in [1.165, 1.54) is 16.9 Å². The van der Waals surface area contributed by atoms with E-state index in [0.29, 0.717) is 17.9 Å². The van der Waals surface area contributed by atoms with Crippen molar-refractivity contribution in [3.05, 3.63) is 76.2 Å². The Bertz CT molecular complexity index is 1010. The number of aryl methyl sites for hydroxylation is 1. The van der Waals surface area contributed by atoms with Crippen molar-refractivity contribution < 1.29 is 14.3 Å². The van der Waals surface area contributed by atoms with Crippen LogP contribution in [0.1, 0.15) is 28.0 Å². The summed E-state index contributed by atoms with van der Waals surface area (Å²) in [6, 6.07) is 14.8. The van der Waals surface area contributed by atoms with Gasteiger partial charge in [-0.2, -0.15) is 0 Å². The van der Waals surface area contributed by atoms with Crippen LogP contribution in [-0.2, 0) is 17.8 Å². The van der Waals surface area contributed by atoms with E-state index in [4.69, 9.17) is 4.74 Å². The van der Waals surface area contributed by atoms with Gasteiger partial charge in [-0.1, -0.05) is 18.2 Å². The highest BCUT2D eigenvalue weighted by molar-refractivity contribution is 7.07. The minimum Gasteiger partial charge on any atom is -0.487 e. The number of carbonyl (C=O) groups is 2. The minimum atomic E-state index is -0.381. The van der Waals surface area contributed by atoms with Crippen molar-refractivity contribution in [1.29, 1.82) is 0 Å². The third-order valence-corrected chi connectivity index (χ3v) is 5.48. The van der Waals surface area contributed by atoms with Crippen LogP contribution in [0.3, 0.4) is 0 Å². The van der Waals surface area contributed by atoms with Gasteiger partial charge in [0.2, 0.25) is 0 Å². The average Bonchev–Trinajstić information content (AvgIpc) is 3.30. The summed E-state index contributed by atoms with van der Waals surface area (Å²) in [7, 11) is 0.